The highest BCUT2D eigenvalue weighted by molar-refractivity contribution is 6.12. The fourth-order valence-corrected chi connectivity index (χ4v) is 5.28. The minimum atomic E-state index is 1.10. The molecule has 1 aromatic heterocycles. The lowest BCUT2D eigenvalue weighted by Crippen LogP contribution is -2.04. The molecule has 0 unspecified atom stereocenters. The van der Waals surface area contributed by atoms with E-state index < -0.39 is 0 Å². The molecule has 0 saturated heterocycles. The summed E-state index contributed by atoms with van der Waals surface area (Å²) in [5, 5.41) is 6.86. The summed E-state index contributed by atoms with van der Waals surface area (Å²) in [5.41, 5.74) is 9.70. The molecule has 27 heavy (non-hydrogen) atoms. The van der Waals surface area contributed by atoms with Crippen molar-refractivity contribution in [3.8, 4) is 11.3 Å². The number of hydrogen-bond donors (Lipinski definition) is 1. The monoisotopic (exact) mass is 343 g/mol. The molecule has 0 atom stereocenters. The Hall–Kier alpha value is -3.32. The number of aromatic nitrogens is 1. The van der Waals surface area contributed by atoms with Crippen molar-refractivity contribution in [3.63, 3.8) is 0 Å². The third kappa shape index (κ3) is 1.65. The van der Waals surface area contributed by atoms with Gasteiger partial charge in [0.05, 0.1) is 11.2 Å². The first-order chi connectivity index (χ1) is 13.4. The van der Waals surface area contributed by atoms with Crippen LogP contribution in [0.2, 0.25) is 0 Å². The van der Waals surface area contributed by atoms with Crippen LogP contribution in [-0.2, 0) is 12.8 Å². The van der Waals surface area contributed by atoms with E-state index in [1.54, 1.807) is 0 Å². The highest BCUT2D eigenvalue weighted by Crippen LogP contribution is 2.45. The Balaban J connectivity index is 1.62. The molecule has 2 aliphatic carbocycles. The van der Waals surface area contributed by atoms with Crippen molar-refractivity contribution in [2.24, 2.45) is 0 Å². The number of benzene rings is 4. The van der Waals surface area contributed by atoms with Crippen LogP contribution in [0.15, 0.2) is 60.7 Å². The van der Waals surface area contributed by atoms with E-state index in [2.05, 4.69) is 77.8 Å². The van der Waals surface area contributed by atoms with Crippen LogP contribution >= 0.6 is 0 Å². The zero-order valence-electron chi connectivity index (χ0n) is 14.8. The fourth-order valence-electron chi connectivity index (χ4n) is 5.28. The van der Waals surface area contributed by atoms with Gasteiger partial charge in [0.25, 0.3) is 0 Å². The average molecular weight is 343 g/mol. The van der Waals surface area contributed by atoms with E-state index in [0.29, 0.717) is 0 Å². The lowest BCUT2D eigenvalue weighted by atomic mass is 9.84. The molecule has 7 rings (SSSR count). The third-order valence-electron chi connectivity index (χ3n) is 6.48. The average Bonchev–Trinajstić information content (AvgIpc) is 3.31. The van der Waals surface area contributed by atoms with Crippen LogP contribution in [0, 0.1) is 0 Å². The maximum Gasteiger partial charge on any atom is 0.0541 e. The molecule has 126 valence electrons. The van der Waals surface area contributed by atoms with Crippen molar-refractivity contribution in [1.29, 1.82) is 0 Å². The van der Waals surface area contributed by atoms with Crippen LogP contribution in [0.4, 0.5) is 0 Å². The first-order valence-corrected chi connectivity index (χ1v) is 9.68. The minimum absolute atomic E-state index is 1.10. The maximum absolute atomic E-state index is 3.82. The van der Waals surface area contributed by atoms with E-state index in [4.69, 9.17) is 0 Å². The first kappa shape index (κ1) is 13.8. The fraction of sp³-hybridized carbons (Fsp3) is 0.0769. The molecule has 0 aliphatic heterocycles. The van der Waals surface area contributed by atoms with Crippen LogP contribution in [0.5, 0.6) is 0 Å². The molecular formula is C26H17N. The van der Waals surface area contributed by atoms with Crippen LogP contribution in [0.3, 0.4) is 0 Å². The van der Waals surface area contributed by atoms with E-state index in [0.717, 1.165) is 12.8 Å². The zero-order valence-corrected chi connectivity index (χ0v) is 14.8. The molecule has 1 heterocycles. The number of aryl methyl sites for hydroxylation is 2. The number of rotatable bonds is 0. The second kappa shape index (κ2) is 4.69. The molecule has 0 fully saturated rings. The van der Waals surface area contributed by atoms with Crippen molar-refractivity contribution in [1.82, 2.24) is 4.98 Å². The molecule has 0 amide bonds. The Morgan fingerprint density at radius 2 is 1.52 bits per heavy atom. The zero-order chi connectivity index (χ0) is 17.5. The van der Waals surface area contributed by atoms with Crippen LogP contribution in [-0.4, -0.2) is 4.98 Å². The minimum Gasteiger partial charge on any atom is -0.354 e. The van der Waals surface area contributed by atoms with Crippen LogP contribution < -0.4 is 0 Å². The number of hydrogen-bond acceptors (Lipinski definition) is 0. The van der Waals surface area contributed by atoms with Gasteiger partial charge < -0.3 is 4.98 Å². The smallest absolute Gasteiger partial charge is 0.0541 e. The Labute approximate surface area is 157 Å². The summed E-state index contributed by atoms with van der Waals surface area (Å²) < 4.78 is 0. The van der Waals surface area contributed by atoms with Crippen molar-refractivity contribution in [3.05, 3.63) is 82.9 Å². The van der Waals surface area contributed by atoms with Gasteiger partial charge in [-0.3, -0.25) is 0 Å². The molecule has 4 aromatic carbocycles. The van der Waals surface area contributed by atoms with Crippen molar-refractivity contribution in [2.45, 2.75) is 12.8 Å². The number of aromatic amines is 1. The van der Waals surface area contributed by atoms with Gasteiger partial charge in [-0.25, -0.2) is 0 Å². The summed E-state index contributed by atoms with van der Waals surface area (Å²) >= 11 is 0. The number of fused-ring (bicyclic) bond motifs is 8. The molecule has 2 aliphatic rings. The number of nitrogens with one attached hydrogen (secondary N) is 1. The van der Waals surface area contributed by atoms with Crippen molar-refractivity contribution >= 4 is 44.6 Å². The van der Waals surface area contributed by atoms with Gasteiger partial charge in [0.1, 0.15) is 0 Å². The standard InChI is InChI=1S/C26H17N/c1-2-6-18-15(4-1)10-11-21-22-13-12-19-20-7-3-5-16-8-9-17(24(16)20)14-23(19)26(22)27-25(18)21/h1-11,14,27H,12-13H2. The summed E-state index contributed by atoms with van der Waals surface area (Å²) in [6.45, 7) is 0. The summed E-state index contributed by atoms with van der Waals surface area (Å²) in [6, 6.07) is 22.4. The summed E-state index contributed by atoms with van der Waals surface area (Å²) in [5.74, 6) is 0. The van der Waals surface area contributed by atoms with Gasteiger partial charge in [0, 0.05) is 16.3 Å². The first-order valence-electron chi connectivity index (χ1n) is 9.68. The molecular weight excluding hydrogens is 326 g/mol. The highest BCUT2D eigenvalue weighted by Gasteiger charge is 2.25. The van der Waals surface area contributed by atoms with Gasteiger partial charge in [0.15, 0.2) is 0 Å². The van der Waals surface area contributed by atoms with Crippen LogP contribution in [0.1, 0.15) is 22.3 Å². The molecule has 0 radical (unpaired) electrons. The molecule has 0 spiro atoms. The van der Waals surface area contributed by atoms with E-state index in [1.807, 2.05) is 0 Å². The Bertz CT molecular complexity index is 1460. The largest absolute Gasteiger partial charge is 0.354 e. The summed E-state index contributed by atoms with van der Waals surface area (Å²) in [6.07, 6.45) is 6.74. The van der Waals surface area contributed by atoms with Crippen molar-refractivity contribution in [2.75, 3.05) is 0 Å². The van der Waals surface area contributed by atoms with Gasteiger partial charge in [0.2, 0.25) is 0 Å². The predicted molar refractivity (Wildman–Crippen MR) is 115 cm³/mol. The second-order valence-corrected chi connectivity index (χ2v) is 7.78. The molecule has 0 bridgehead atoms. The molecule has 5 aromatic rings. The molecule has 0 saturated carbocycles. The van der Waals surface area contributed by atoms with E-state index in [-0.39, 0.29) is 0 Å². The summed E-state index contributed by atoms with van der Waals surface area (Å²) in [4.78, 5) is 3.82. The molecule has 1 nitrogen and oxygen atoms in total. The van der Waals surface area contributed by atoms with Gasteiger partial charge in [-0.15, -0.1) is 0 Å². The Morgan fingerprint density at radius 1 is 0.667 bits per heavy atom. The van der Waals surface area contributed by atoms with Gasteiger partial charge in [-0.1, -0.05) is 66.7 Å². The lowest BCUT2D eigenvalue weighted by molar-refractivity contribution is 0.957. The quantitative estimate of drug-likeness (QED) is 0.315. The van der Waals surface area contributed by atoms with E-state index >= 15 is 0 Å². The van der Waals surface area contributed by atoms with Gasteiger partial charge in [-0.05, 0) is 57.3 Å². The maximum atomic E-state index is 3.82. The highest BCUT2D eigenvalue weighted by atomic mass is 14.7. The molecule has 1 N–H and O–H groups in total. The summed E-state index contributed by atoms with van der Waals surface area (Å²) in [7, 11) is 0. The van der Waals surface area contributed by atoms with Crippen molar-refractivity contribution < 1.29 is 0 Å². The normalized spacial score (nSPS) is 14.2. The SMILES string of the molecule is C1=Cc2cc3c(c4cccc1c24)CCc1c-3[nH]c2c1ccc1ccccc12. The number of H-pyrrole nitrogens is 1. The predicted octanol–water partition coefficient (Wildman–Crippen LogP) is 6.72. The van der Waals surface area contributed by atoms with E-state index in [9.17, 15) is 0 Å². The Morgan fingerprint density at radius 3 is 2.52 bits per heavy atom. The third-order valence-corrected chi connectivity index (χ3v) is 6.48. The van der Waals surface area contributed by atoms with Crippen LogP contribution in [0.25, 0.3) is 55.9 Å². The van der Waals surface area contributed by atoms with Gasteiger partial charge >= 0.3 is 0 Å². The lowest BCUT2D eigenvalue weighted by Gasteiger charge is -2.20. The Kier molecular flexibility index (Phi) is 2.40. The second-order valence-electron chi connectivity index (χ2n) is 7.78. The topological polar surface area (TPSA) is 15.8 Å². The molecule has 1 heteroatoms. The van der Waals surface area contributed by atoms with Gasteiger partial charge in [-0.2, -0.15) is 0 Å². The van der Waals surface area contributed by atoms with E-state index in [1.165, 1.54) is 66.0 Å².